The van der Waals surface area contributed by atoms with Crippen molar-refractivity contribution in [2.24, 2.45) is 16.8 Å². The van der Waals surface area contributed by atoms with E-state index in [1.165, 1.54) is 12.8 Å². The molecule has 1 aliphatic carbocycles. The molecular formula is C16H24N2O3. The Bertz CT molecular complexity index is 502. The second-order valence-electron chi connectivity index (χ2n) is 5.72. The average Bonchev–Trinajstić information content (AvgIpc) is 2.52. The van der Waals surface area contributed by atoms with E-state index in [2.05, 4.69) is 12.1 Å². The summed E-state index contributed by atoms with van der Waals surface area (Å²) in [4.78, 5) is 0. The minimum atomic E-state index is 0.0421. The Balaban J connectivity index is 2.00. The van der Waals surface area contributed by atoms with Crippen LogP contribution < -0.4 is 10.5 Å². The van der Waals surface area contributed by atoms with Crippen LogP contribution in [0.4, 0.5) is 0 Å². The maximum absolute atomic E-state index is 8.76. The molecule has 1 aromatic carbocycles. The van der Waals surface area contributed by atoms with Crippen molar-refractivity contribution in [3.05, 3.63) is 29.3 Å². The maximum Gasteiger partial charge on any atom is 0.173 e. The van der Waals surface area contributed by atoms with Gasteiger partial charge < -0.3 is 20.4 Å². The molecule has 0 saturated heterocycles. The van der Waals surface area contributed by atoms with Crippen molar-refractivity contribution in [3.63, 3.8) is 0 Å². The summed E-state index contributed by atoms with van der Waals surface area (Å²) in [7, 11) is 1.57. The van der Waals surface area contributed by atoms with Gasteiger partial charge in [-0.25, -0.2) is 0 Å². The Morgan fingerprint density at radius 2 is 2.24 bits per heavy atom. The molecule has 0 heterocycles. The van der Waals surface area contributed by atoms with Crippen LogP contribution in [0.15, 0.2) is 23.4 Å². The van der Waals surface area contributed by atoms with Crippen LogP contribution in [0.5, 0.6) is 5.75 Å². The van der Waals surface area contributed by atoms with Crippen molar-refractivity contribution in [2.75, 3.05) is 7.11 Å². The third kappa shape index (κ3) is 4.11. The molecule has 1 aromatic rings. The van der Waals surface area contributed by atoms with Crippen LogP contribution in [0.3, 0.4) is 0 Å². The summed E-state index contributed by atoms with van der Waals surface area (Å²) in [6.45, 7) is 2.84. The highest BCUT2D eigenvalue weighted by Crippen LogP contribution is 2.27. The van der Waals surface area contributed by atoms with Crippen LogP contribution in [-0.2, 0) is 11.3 Å². The van der Waals surface area contributed by atoms with Crippen molar-refractivity contribution in [3.8, 4) is 5.75 Å². The zero-order valence-electron chi connectivity index (χ0n) is 12.7. The lowest BCUT2D eigenvalue weighted by atomic mass is 9.89. The van der Waals surface area contributed by atoms with Gasteiger partial charge in [-0.05, 0) is 36.5 Å². The number of hydrogen-bond acceptors (Lipinski definition) is 4. The molecule has 5 nitrogen and oxygen atoms in total. The Kier molecular flexibility index (Phi) is 5.44. The summed E-state index contributed by atoms with van der Waals surface area (Å²) in [6.07, 6.45) is 5.19. The molecule has 1 saturated carbocycles. The number of methoxy groups -OCH3 is 1. The van der Waals surface area contributed by atoms with Gasteiger partial charge in [0.25, 0.3) is 0 Å². The van der Waals surface area contributed by atoms with E-state index < -0.39 is 0 Å². The van der Waals surface area contributed by atoms with Crippen LogP contribution >= 0.6 is 0 Å². The van der Waals surface area contributed by atoms with Gasteiger partial charge in [-0.1, -0.05) is 31.0 Å². The highest BCUT2D eigenvalue weighted by atomic mass is 16.5. The molecule has 5 heteroatoms. The third-order valence-electron chi connectivity index (χ3n) is 4.02. The van der Waals surface area contributed by atoms with E-state index in [1.54, 1.807) is 13.2 Å². The Labute approximate surface area is 125 Å². The minimum Gasteiger partial charge on any atom is -0.496 e. The van der Waals surface area contributed by atoms with Crippen LogP contribution in [-0.4, -0.2) is 24.3 Å². The van der Waals surface area contributed by atoms with E-state index in [1.807, 2.05) is 12.1 Å². The Morgan fingerprint density at radius 3 is 2.90 bits per heavy atom. The fraction of sp³-hybridized carbons (Fsp3) is 0.562. The van der Waals surface area contributed by atoms with Crippen molar-refractivity contribution in [2.45, 2.75) is 45.3 Å². The molecule has 2 rings (SSSR count). The molecule has 0 radical (unpaired) electrons. The highest BCUT2D eigenvalue weighted by molar-refractivity contribution is 5.99. The largest absolute Gasteiger partial charge is 0.496 e. The molecule has 116 valence electrons. The molecule has 3 N–H and O–H groups in total. The normalized spacial score (nSPS) is 23.0. The fourth-order valence-electron chi connectivity index (χ4n) is 2.83. The first-order valence-corrected chi connectivity index (χ1v) is 7.40. The molecule has 21 heavy (non-hydrogen) atoms. The van der Waals surface area contributed by atoms with Crippen LogP contribution in [0.1, 0.15) is 43.7 Å². The van der Waals surface area contributed by atoms with Gasteiger partial charge in [0, 0.05) is 0 Å². The van der Waals surface area contributed by atoms with Gasteiger partial charge in [0.05, 0.1) is 25.4 Å². The third-order valence-corrected chi connectivity index (χ3v) is 4.02. The first-order valence-electron chi connectivity index (χ1n) is 7.40. The highest BCUT2D eigenvalue weighted by Gasteiger charge is 2.19. The van der Waals surface area contributed by atoms with Crippen molar-refractivity contribution < 1.29 is 14.7 Å². The zero-order valence-corrected chi connectivity index (χ0v) is 12.7. The number of nitrogens with two attached hydrogens (primary N) is 1. The van der Waals surface area contributed by atoms with Gasteiger partial charge in [0.2, 0.25) is 0 Å². The van der Waals surface area contributed by atoms with Crippen molar-refractivity contribution in [1.29, 1.82) is 0 Å². The molecular weight excluding hydrogens is 268 g/mol. The molecule has 0 spiro atoms. The van der Waals surface area contributed by atoms with Gasteiger partial charge in [-0.3, -0.25) is 0 Å². The standard InChI is InChI=1S/C16H24N2O3/c1-11-4-3-5-13(8-11)21-10-12-6-7-14(16(17)18-19)15(9-12)20-2/h6-7,9,11,13,19H,3-5,8,10H2,1-2H3,(H2,17,18). The SMILES string of the molecule is COc1cc(COC2CCCC(C)C2)ccc1/C(N)=N/O. The van der Waals surface area contributed by atoms with Gasteiger partial charge in [-0.15, -0.1) is 0 Å². The Morgan fingerprint density at radius 1 is 1.43 bits per heavy atom. The second-order valence-corrected chi connectivity index (χ2v) is 5.72. The van der Waals surface area contributed by atoms with E-state index in [9.17, 15) is 0 Å². The zero-order chi connectivity index (χ0) is 15.2. The number of nitrogens with zero attached hydrogens (tertiary/aromatic N) is 1. The monoisotopic (exact) mass is 292 g/mol. The number of benzene rings is 1. The molecule has 2 unspecified atom stereocenters. The number of amidine groups is 1. The molecule has 2 atom stereocenters. The van der Waals surface area contributed by atoms with Crippen LogP contribution in [0.25, 0.3) is 0 Å². The first kappa shape index (κ1) is 15.6. The summed E-state index contributed by atoms with van der Waals surface area (Å²) in [5, 5.41) is 11.8. The predicted octanol–water partition coefficient (Wildman–Crippen LogP) is 2.88. The minimum absolute atomic E-state index is 0.0421. The average molecular weight is 292 g/mol. The van der Waals surface area contributed by atoms with Crippen molar-refractivity contribution >= 4 is 5.84 Å². The van der Waals surface area contributed by atoms with Crippen LogP contribution in [0.2, 0.25) is 0 Å². The number of rotatable bonds is 5. The van der Waals surface area contributed by atoms with Gasteiger partial charge >= 0.3 is 0 Å². The van der Waals surface area contributed by atoms with Gasteiger partial charge in [0.1, 0.15) is 5.75 Å². The van der Waals surface area contributed by atoms with Gasteiger partial charge in [-0.2, -0.15) is 0 Å². The van der Waals surface area contributed by atoms with Crippen LogP contribution in [0, 0.1) is 5.92 Å². The molecule has 0 bridgehead atoms. The molecule has 1 aliphatic rings. The maximum atomic E-state index is 8.76. The van der Waals surface area contributed by atoms with E-state index in [4.69, 9.17) is 20.4 Å². The summed E-state index contributed by atoms with van der Waals surface area (Å²) in [6, 6.07) is 5.58. The lowest BCUT2D eigenvalue weighted by Gasteiger charge is -2.26. The van der Waals surface area contributed by atoms with E-state index in [0.29, 0.717) is 24.0 Å². The lowest BCUT2D eigenvalue weighted by molar-refractivity contribution is 0.00461. The quantitative estimate of drug-likeness (QED) is 0.378. The number of hydrogen-bond donors (Lipinski definition) is 2. The summed E-state index contributed by atoms with van der Waals surface area (Å²) in [5.41, 5.74) is 7.22. The molecule has 0 aliphatic heterocycles. The topological polar surface area (TPSA) is 77.1 Å². The van der Waals surface area contributed by atoms with E-state index in [0.717, 1.165) is 24.3 Å². The molecule has 1 fully saturated rings. The summed E-state index contributed by atoms with van der Waals surface area (Å²) in [5.74, 6) is 1.38. The number of ether oxygens (including phenoxy) is 2. The van der Waals surface area contributed by atoms with E-state index >= 15 is 0 Å². The molecule has 0 aromatic heterocycles. The summed E-state index contributed by atoms with van der Waals surface area (Å²) < 4.78 is 11.3. The van der Waals surface area contributed by atoms with E-state index in [-0.39, 0.29) is 5.84 Å². The lowest BCUT2D eigenvalue weighted by Crippen LogP contribution is -2.21. The second kappa shape index (κ2) is 7.31. The van der Waals surface area contributed by atoms with Gasteiger partial charge in [0.15, 0.2) is 5.84 Å². The number of oxime groups is 1. The first-order chi connectivity index (χ1) is 10.1. The summed E-state index contributed by atoms with van der Waals surface area (Å²) >= 11 is 0. The van der Waals surface area contributed by atoms with Crippen molar-refractivity contribution in [1.82, 2.24) is 0 Å². The Hall–Kier alpha value is -1.75. The predicted molar refractivity (Wildman–Crippen MR) is 81.7 cm³/mol. The molecule has 0 amide bonds. The fourth-order valence-corrected chi connectivity index (χ4v) is 2.83. The smallest absolute Gasteiger partial charge is 0.173 e.